The lowest BCUT2D eigenvalue weighted by Crippen LogP contribution is -2.38. The smallest absolute Gasteiger partial charge is 0.410 e. The monoisotopic (exact) mass is 298 g/mol. The van der Waals surface area contributed by atoms with E-state index in [0.717, 1.165) is 25.8 Å². The van der Waals surface area contributed by atoms with E-state index in [1.54, 1.807) is 4.90 Å². The molecule has 0 radical (unpaired) electrons. The maximum absolute atomic E-state index is 12.0. The van der Waals surface area contributed by atoms with Crippen LogP contribution in [-0.2, 0) is 9.53 Å². The van der Waals surface area contributed by atoms with Crippen molar-refractivity contribution < 1.29 is 19.4 Å². The highest BCUT2D eigenvalue weighted by Crippen LogP contribution is 2.29. The normalized spacial score (nSPS) is 22.7. The molecule has 1 heterocycles. The van der Waals surface area contributed by atoms with Gasteiger partial charge in [-0.05, 0) is 46.0 Å². The van der Waals surface area contributed by atoms with Crippen molar-refractivity contribution >= 4 is 12.1 Å². The van der Waals surface area contributed by atoms with Crippen molar-refractivity contribution in [3.8, 4) is 0 Å². The van der Waals surface area contributed by atoms with Crippen molar-refractivity contribution in [3.63, 3.8) is 0 Å². The van der Waals surface area contributed by atoms with Gasteiger partial charge in [0, 0.05) is 25.7 Å². The Morgan fingerprint density at radius 2 is 1.95 bits per heavy atom. The molecular formula is C15H26N2O4. The van der Waals surface area contributed by atoms with Crippen molar-refractivity contribution in [1.82, 2.24) is 9.80 Å². The Balaban J connectivity index is 1.81. The van der Waals surface area contributed by atoms with Crippen LogP contribution in [0.4, 0.5) is 4.79 Å². The second-order valence-corrected chi connectivity index (χ2v) is 7.14. The van der Waals surface area contributed by atoms with Crippen LogP contribution in [-0.4, -0.2) is 64.8 Å². The van der Waals surface area contributed by atoms with E-state index in [1.165, 1.54) is 0 Å². The van der Waals surface area contributed by atoms with Gasteiger partial charge in [-0.15, -0.1) is 0 Å². The molecule has 6 nitrogen and oxygen atoms in total. The molecule has 1 saturated heterocycles. The van der Waals surface area contributed by atoms with Gasteiger partial charge in [0.25, 0.3) is 0 Å². The maximum atomic E-state index is 12.0. The predicted molar refractivity (Wildman–Crippen MR) is 78.1 cm³/mol. The van der Waals surface area contributed by atoms with Crippen LogP contribution in [0.3, 0.4) is 0 Å². The summed E-state index contributed by atoms with van der Waals surface area (Å²) in [6.07, 6.45) is 2.84. The molecular weight excluding hydrogens is 272 g/mol. The Kier molecular flexibility index (Phi) is 4.76. The van der Waals surface area contributed by atoms with E-state index in [0.29, 0.717) is 25.0 Å². The van der Waals surface area contributed by atoms with Crippen LogP contribution >= 0.6 is 0 Å². The van der Waals surface area contributed by atoms with Crippen LogP contribution in [0, 0.1) is 5.92 Å². The molecule has 1 N–H and O–H groups in total. The van der Waals surface area contributed by atoms with E-state index >= 15 is 0 Å². The summed E-state index contributed by atoms with van der Waals surface area (Å²) in [5.41, 5.74) is -0.474. The van der Waals surface area contributed by atoms with Gasteiger partial charge in [-0.25, -0.2) is 4.79 Å². The first-order valence-electron chi connectivity index (χ1n) is 7.68. The van der Waals surface area contributed by atoms with Crippen LogP contribution in [0.1, 0.15) is 40.0 Å². The number of carboxylic acid groups (broad SMARTS) is 1. The Hall–Kier alpha value is -1.30. The molecule has 2 fully saturated rings. The van der Waals surface area contributed by atoms with Gasteiger partial charge in [0.1, 0.15) is 5.60 Å². The summed E-state index contributed by atoms with van der Waals surface area (Å²) in [6.45, 7) is 7.81. The third-order valence-corrected chi connectivity index (χ3v) is 3.83. The minimum atomic E-state index is -0.774. The van der Waals surface area contributed by atoms with Gasteiger partial charge < -0.3 is 14.7 Å². The molecule has 0 aromatic heterocycles. The summed E-state index contributed by atoms with van der Waals surface area (Å²) < 4.78 is 5.38. The van der Waals surface area contributed by atoms with Gasteiger partial charge in [0.15, 0.2) is 0 Å². The van der Waals surface area contributed by atoms with Gasteiger partial charge in [0.05, 0.1) is 6.54 Å². The number of hydrogen-bond acceptors (Lipinski definition) is 4. The fourth-order valence-electron chi connectivity index (χ4n) is 2.76. The fourth-order valence-corrected chi connectivity index (χ4v) is 2.76. The molecule has 1 amide bonds. The Morgan fingerprint density at radius 1 is 1.29 bits per heavy atom. The van der Waals surface area contributed by atoms with Crippen LogP contribution in [0.15, 0.2) is 0 Å². The second-order valence-electron chi connectivity index (χ2n) is 7.14. The van der Waals surface area contributed by atoms with Gasteiger partial charge in [-0.1, -0.05) is 0 Å². The molecule has 0 unspecified atom stereocenters. The van der Waals surface area contributed by atoms with Crippen LogP contribution < -0.4 is 0 Å². The Labute approximate surface area is 126 Å². The highest BCUT2D eigenvalue weighted by atomic mass is 16.6. The number of carboxylic acids is 1. The lowest BCUT2D eigenvalue weighted by atomic mass is 10.1. The van der Waals surface area contributed by atoms with E-state index in [2.05, 4.69) is 0 Å². The molecule has 1 aliphatic carbocycles. The Morgan fingerprint density at radius 3 is 2.48 bits per heavy atom. The van der Waals surface area contributed by atoms with Gasteiger partial charge >= 0.3 is 12.1 Å². The third kappa shape index (κ3) is 5.19. The minimum absolute atomic E-state index is 0.105. The van der Waals surface area contributed by atoms with E-state index in [4.69, 9.17) is 9.84 Å². The molecule has 0 aromatic carbocycles. The lowest BCUT2D eigenvalue weighted by molar-refractivity contribution is -0.138. The summed E-state index contributed by atoms with van der Waals surface area (Å²) in [5.74, 6) is -0.429. The number of hydrogen-bond donors (Lipinski definition) is 1. The maximum Gasteiger partial charge on any atom is 0.410 e. The molecule has 2 aliphatic rings. The fraction of sp³-hybridized carbons (Fsp3) is 0.867. The van der Waals surface area contributed by atoms with E-state index in [9.17, 15) is 9.59 Å². The zero-order chi connectivity index (χ0) is 15.6. The van der Waals surface area contributed by atoms with Crippen molar-refractivity contribution in [3.05, 3.63) is 0 Å². The number of nitrogens with zero attached hydrogens (tertiary/aromatic N) is 2. The first-order valence-corrected chi connectivity index (χ1v) is 7.68. The highest BCUT2D eigenvalue weighted by Gasteiger charge is 2.35. The number of carbonyl (C=O) groups excluding carboxylic acids is 1. The van der Waals surface area contributed by atoms with E-state index in [1.807, 2.05) is 25.7 Å². The molecule has 0 bridgehead atoms. The van der Waals surface area contributed by atoms with Gasteiger partial charge in [0.2, 0.25) is 0 Å². The number of rotatable bonds is 5. The van der Waals surface area contributed by atoms with Crippen LogP contribution in [0.25, 0.3) is 0 Å². The standard InChI is InChI=1S/C15H26N2O4/c1-15(2,3)21-14(20)16-7-6-11(8-16)9-17(10-13(18)19)12-4-5-12/h11-12H,4-10H2,1-3H3,(H,18,19)/t11-/m0/s1. The number of aliphatic carboxylic acids is 1. The number of likely N-dealkylation sites (tertiary alicyclic amines) is 1. The quantitative estimate of drug-likeness (QED) is 0.838. The number of ether oxygens (including phenoxy) is 1. The molecule has 1 aliphatic heterocycles. The van der Waals surface area contributed by atoms with Crippen molar-refractivity contribution in [2.45, 2.75) is 51.7 Å². The molecule has 2 rings (SSSR count). The molecule has 0 aromatic rings. The van der Waals surface area contributed by atoms with Gasteiger partial charge in [-0.2, -0.15) is 0 Å². The largest absolute Gasteiger partial charge is 0.480 e. The highest BCUT2D eigenvalue weighted by molar-refractivity contribution is 5.69. The zero-order valence-electron chi connectivity index (χ0n) is 13.2. The summed E-state index contributed by atoms with van der Waals surface area (Å²) in [7, 11) is 0. The zero-order valence-corrected chi connectivity index (χ0v) is 13.2. The average Bonchev–Trinajstić information content (AvgIpc) is 3.06. The lowest BCUT2D eigenvalue weighted by Gasteiger charge is -2.26. The SMILES string of the molecule is CC(C)(C)OC(=O)N1CC[C@H](CN(CC(=O)O)C2CC2)C1. The van der Waals surface area contributed by atoms with E-state index < -0.39 is 11.6 Å². The molecule has 1 atom stereocenters. The van der Waals surface area contributed by atoms with Crippen LogP contribution in [0.5, 0.6) is 0 Å². The van der Waals surface area contributed by atoms with Gasteiger partial charge in [-0.3, -0.25) is 9.69 Å². The number of carbonyl (C=O) groups is 2. The van der Waals surface area contributed by atoms with Crippen molar-refractivity contribution in [2.75, 3.05) is 26.2 Å². The molecule has 120 valence electrons. The van der Waals surface area contributed by atoms with Crippen molar-refractivity contribution in [1.29, 1.82) is 0 Å². The Bertz CT molecular complexity index is 401. The van der Waals surface area contributed by atoms with Crippen LogP contribution in [0.2, 0.25) is 0 Å². The predicted octanol–water partition coefficient (Wildman–Crippen LogP) is 1.79. The molecule has 6 heteroatoms. The first kappa shape index (κ1) is 16.1. The molecule has 21 heavy (non-hydrogen) atoms. The summed E-state index contributed by atoms with van der Waals surface area (Å²) in [5, 5.41) is 8.98. The summed E-state index contributed by atoms with van der Waals surface area (Å²) >= 11 is 0. The van der Waals surface area contributed by atoms with E-state index in [-0.39, 0.29) is 12.6 Å². The van der Waals surface area contributed by atoms with Crippen molar-refractivity contribution in [2.24, 2.45) is 5.92 Å². The second kappa shape index (κ2) is 6.22. The topological polar surface area (TPSA) is 70.1 Å². The molecule has 1 saturated carbocycles. The summed E-state index contributed by atoms with van der Waals surface area (Å²) in [6, 6.07) is 0.427. The molecule has 0 spiro atoms. The third-order valence-electron chi connectivity index (χ3n) is 3.83. The average molecular weight is 298 g/mol. The summed E-state index contributed by atoms with van der Waals surface area (Å²) in [4.78, 5) is 26.7. The minimum Gasteiger partial charge on any atom is -0.480 e. The first-order chi connectivity index (χ1) is 9.74. The number of amides is 1.